The summed E-state index contributed by atoms with van der Waals surface area (Å²) in [4.78, 5) is 0. The third kappa shape index (κ3) is 2.89. The van der Waals surface area contributed by atoms with E-state index in [4.69, 9.17) is 0 Å². The average Bonchev–Trinajstić information content (AvgIpc) is 3.12. The summed E-state index contributed by atoms with van der Waals surface area (Å²) in [5, 5.41) is 18.8. The molecule has 134 valence electrons. The molecule has 1 atom stereocenters. The Kier molecular flexibility index (Phi) is 4.05. The summed E-state index contributed by atoms with van der Waals surface area (Å²) < 4.78 is 30.4. The molecular formula is C19H17F2N3OS. The standard InChI is InChI=1S/C19H17F2N3OS/c1-23-18-7-13(16-6-12(11-25)2-3-14(16)9-22)4-5-17(18)24(26-23)10-15-8-19(15,20)21/h2-7,15,25H,8,10-11H2,1H3. The second-order valence-electron chi connectivity index (χ2n) is 6.66. The van der Waals surface area contributed by atoms with Gasteiger partial charge in [-0.1, -0.05) is 12.1 Å². The summed E-state index contributed by atoms with van der Waals surface area (Å²) >= 11 is 1.41. The van der Waals surface area contributed by atoms with Crippen LogP contribution in [0.1, 0.15) is 17.5 Å². The quantitative estimate of drug-likeness (QED) is 0.815. The molecule has 1 fully saturated rings. The molecule has 4 rings (SSSR count). The number of aliphatic hydroxyl groups excluding tert-OH is 1. The lowest BCUT2D eigenvalue weighted by Crippen LogP contribution is -2.18. The molecule has 0 amide bonds. The summed E-state index contributed by atoms with van der Waals surface area (Å²) in [5.41, 5.74) is 4.72. The van der Waals surface area contributed by atoms with Gasteiger partial charge in [-0.25, -0.2) is 8.78 Å². The van der Waals surface area contributed by atoms with Gasteiger partial charge in [0.2, 0.25) is 0 Å². The first-order chi connectivity index (χ1) is 12.4. The lowest BCUT2D eigenvalue weighted by Gasteiger charge is -2.16. The number of aliphatic hydroxyl groups is 1. The monoisotopic (exact) mass is 373 g/mol. The number of hydrogen-bond donors (Lipinski definition) is 1. The normalized spacial score (nSPS) is 20.0. The number of anilines is 2. The highest BCUT2D eigenvalue weighted by atomic mass is 32.2. The molecule has 7 heteroatoms. The maximum absolute atomic E-state index is 13.3. The molecule has 1 N–H and O–H groups in total. The van der Waals surface area contributed by atoms with Crippen molar-refractivity contribution in [1.29, 1.82) is 5.26 Å². The minimum atomic E-state index is -2.53. The number of nitrogens with zero attached hydrogens (tertiary/aromatic N) is 3. The molecule has 26 heavy (non-hydrogen) atoms. The number of fused-ring (bicyclic) bond motifs is 1. The van der Waals surface area contributed by atoms with Gasteiger partial charge < -0.3 is 5.11 Å². The van der Waals surface area contributed by atoms with E-state index in [9.17, 15) is 19.1 Å². The van der Waals surface area contributed by atoms with Crippen LogP contribution in [0.15, 0.2) is 36.4 Å². The Balaban J connectivity index is 1.68. The lowest BCUT2D eigenvalue weighted by atomic mass is 9.97. The fourth-order valence-corrected chi connectivity index (χ4v) is 4.23. The van der Waals surface area contributed by atoms with Crippen LogP contribution >= 0.6 is 12.1 Å². The predicted molar refractivity (Wildman–Crippen MR) is 98.9 cm³/mol. The molecule has 2 aromatic rings. The van der Waals surface area contributed by atoms with E-state index in [-0.39, 0.29) is 13.0 Å². The number of benzene rings is 2. The molecule has 0 spiro atoms. The molecule has 1 saturated carbocycles. The van der Waals surface area contributed by atoms with Gasteiger partial charge in [-0.3, -0.25) is 8.61 Å². The summed E-state index contributed by atoms with van der Waals surface area (Å²) in [6.45, 7) is 0.223. The molecule has 0 saturated heterocycles. The van der Waals surface area contributed by atoms with E-state index >= 15 is 0 Å². The molecule has 0 radical (unpaired) electrons. The predicted octanol–water partition coefficient (Wildman–Crippen LogP) is 4.19. The fourth-order valence-electron chi connectivity index (χ4n) is 3.22. The van der Waals surface area contributed by atoms with Crippen LogP contribution in [-0.4, -0.2) is 24.6 Å². The third-order valence-corrected chi connectivity index (χ3v) is 5.83. The largest absolute Gasteiger partial charge is 0.392 e. The maximum atomic E-state index is 13.3. The van der Waals surface area contributed by atoms with E-state index in [1.165, 1.54) is 12.1 Å². The van der Waals surface area contributed by atoms with E-state index in [2.05, 4.69) is 6.07 Å². The number of nitriles is 1. The zero-order valence-corrected chi connectivity index (χ0v) is 14.9. The van der Waals surface area contributed by atoms with Crippen molar-refractivity contribution in [3.63, 3.8) is 0 Å². The van der Waals surface area contributed by atoms with Crippen molar-refractivity contribution >= 4 is 23.5 Å². The molecule has 4 nitrogen and oxygen atoms in total. The number of alkyl halides is 2. The Morgan fingerprint density at radius 1 is 1.27 bits per heavy atom. The molecule has 2 aliphatic rings. The summed E-state index contributed by atoms with van der Waals surface area (Å²) in [5.74, 6) is -3.12. The molecule has 1 aliphatic carbocycles. The molecular weight excluding hydrogens is 356 g/mol. The van der Waals surface area contributed by atoms with E-state index in [1.807, 2.05) is 39.9 Å². The average molecular weight is 373 g/mol. The van der Waals surface area contributed by atoms with Crippen LogP contribution in [0.5, 0.6) is 0 Å². The Labute approximate surface area is 154 Å². The van der Waals surface area contributed by atoms with Crippen LogP contribution in [0.25, 0.3) is 11.1 Å². The van der Waals surface area contributed by atoms with Gasteiger partial charge in [-0.15, -0.1) is 0 Å². The molecule has 0 bridgehead atoms. The van der Waals surface area contributed by atoms with E-state index in [1.54, 1.807) is 12.1 Å². The van der Waals surface area contributed by atoms with Gasteiger partial charge in [0.15, 0.2) is 0 Å². The maximum Gasteiger partial charge on any atom is 0.253 e. The van der Waals surface area contributed by atoms with Gasteiger partial charge >= 0.3 is 0 Å². The van der Waals surface area contributed by atoms with Crippen molar-refractivity contribution in [3.05, 3.63) is 47.5 Å². The van der Waals surface area contributed by atoms with Crippen molar-refractivity contribution in [2.45, 2.75) is 19.0 Å². The van der Waals surface area contributed by atoms with Crippen LogP contribution in [0, 0.1) is 17.2 Å². The topological polar surface area (TPSA) is 50.5 Å². The Hall–Kier alpha value is -2.30. The van der Waals surface area contributed by atoms with Crippen molar-refractivity contribution < 1.29 is 13.9 Å². The molecule has 2 aromatic carbocycles. The Bertz CT molecular complexity index is 912. The van der Waals surface area contributed by atoms with Gasteiger partial charge in [0.1, 0.15) is 0 Å². The molecule has 0 aromatic heterocycles. The molecule has 1 unspecified atom stereocenters. The summed E-state index contributed by atoms with van der Waals surface area (Å²) in [7, 11) is 1.90. The van der Waals surface area contributed by atoms with Gasteiger partial charge in [0.25, 0.3) is 5.92 Å². The second-order valence-corrected chi connectivity index (χ2v) is 7.81. The SMILES string of the molecule is CN1SN(CC2CC2(F)F)c2ccc(-c3cc(CO)ccc3C#N)cc21. The van der Waals surface area contributed by atoms with Crippen molar-refractivity contribution in [1.82, 2.24) is 0 Å². The van der Waals surface area contributed by atoms with Crippen LogP contribution in [-0.2, 0) is 6.61 Å². The highest BCUT2D eigenvalue weighted by Gasteiger charge is 2.57. The van der Waals surface area contributed by atoms with Crippen molar-refractivity contribution in [2.75, 3.05) is 22.2 Å². The van der Waals surface area contributed by atoms with E-state index in [0.717, 1.165) is 28.1 Å². The van der Waals surface area contributed by atoms with Crippen LogP contribution in [0.4, 0.5) is 20.2 Å². The number of rotatable bonds is 4. The first-order valence-electron chi connectivity index (χ1n) is 8.28. The molecule has 1 heterocycles. The van der Waals surface area contributed by atoms with Gasteiger partial charge in [-0.2, -0.15) is 5.26 Å². The van der Waals surface area contributed by atoms with Crippen molar-refractivity contribution in [2.24, 2.45) is 5.92 Å². The second kappa shape index (κ2) is 6.15. The smallest absolute Gasteiger partial charge is 0.253 e. The number of hydrogen-bond acceptors (Lipinski definition) is 5. The molecule has 1 aliphatic heterocycles. The van der Waals surface area contributed by atoms with Gasteiger partial charge in [-0.05, 0) is 41.0 Å². The highest BCUT2D eigenvalue weighted by Crippen LogP contribution is 2.53. The zero-order valence-electron chi connectivity index (χ0n) is 14.1. The zero-order chi connectivity index (χ0) is 18.5. The minimum absolute atomic E-state index is 0.0410. The van der Waals surface area contributed by atoms with E-state index < -0.39 is 11.8 Å². The van der Waals surface area contributed by atoms with E-state index in [0.29, 0.717) is 12.1 Å². The lowest BCUT2D eigenvalue weighted by molar-refractivity contribution is 0.101. The van der Waals surface area contributed by atoms with Crippen molar-refractivity contribution in [3.8, 4) is 17.2 Å². The third-order valence-electron chi connectivity index (χ3n) is 4.84. The Morgan fingerprint density at radius 3 is 2.69 bits per heavy atom. The van der Waals surface area contributed by atoms with Gasteiger partial charge in [0, 0.05) is 25.9 Å². The van der Waals surface area contributed by atoms with Crippen LogP contribution in [0.3, 0.4) is 0 Å². The minimum Gasteiger partial charge on any atom is -0.392 e. The first-order valence-corrected chi connectivity index (χ1v) is 9.01. The number of halogens is 2. The highest BCUT2D eigenvalue weighted by molar-refractivity contribution is 8.02. The summed E-state index contributed by atoms with van der Waals surface area (Å²) in [6.07, 6.45) is -0.0410. The van der Waals surface area contributed by atoms with Gasteiger partial charge in [0.05, 0.1) is 41.7 Å². The van der Waals surface area contributed by atoms with Crippen LogP contribution < -0.4 is 8.61 Å². The fraction of sp³-hybridized carbons (Fsp3) is 0.316. The van der Waals surface area contributed by atoms with Crippen LogP contribution in [0.2, 0.25) is 0 Å². The Morgan fingerprint density at radius 2 is 2.04 bits per heavy atom. The summed E-state index contributed by atoms with van der Waals surface area (Å²) in [6, 6.07) is 13.2. The first kappa shape index (κ1) is 17.1.